The van der Waals surface area contributed by atoms with Crippen molar-refractivity contribution < 1.29 is 9.18 Å². The number of amides is 1. The molecule has 4 nitrogen and oxygen atoms in total. The molecule has 0 saturated heterocycles. The molecule has 2 heterocycles. The summed E-state index contributed by atoms with van der Waals surface area (Å²) in [7, 11) is 0. The van der Waals surface area contributed by atoms with Crippen LogP contribution in [0.1, 0.15) is 16.1 Å². The number of carbonyl (C=O) groups is 1. The van der Waals surface area contributed by atoms with E-state index < -0.39 is 11.7 Å². The highest BCUT2D eigenvalue weighted by Gasteiger charge is 2.15. The average molecular weight is 338 g/mol. The molecule has 1 amide bonds. The van der Waals surface area contributed by atoms with Gasteiger partial charge < -0.3 is 9.72 Å². The monoisotopic (exact) mass is 337 g/mol. The Labute approximate surface area is 135 Å². The smallest absolute Gasteiger partial charge is 0.256 e. The highest BCUT2D eigenvalue weighted by Crippen LogP contribution is 2.19. The van der Waals surface area contributed by atoms with Crippen LogP contribution in [0.3, 0.4) is 0 Å². The van der Waals surface area contributed by atoms with Gasteiger partial charge in [0.25, 0.3) is 5.91 Å². The Bertz CT molecular complexity index is 843. The van der Waals surface area contributed by atoms with Crippen molar-refractivity contribution in [3.05, 3.63) is 69.8 Å². The number of imidazole rings is 1. The van der Waals surface area contributed by atoms with Gasteiger partial charge in [-0.25, -0.2) is 9.37 Å². The first kappa shape index (κ1) is 14.8. The topological polar surface area (TPSA) is 46.4 Å². The molecule has 0 aliphatic rings. The summed E-state index contributed by atoms with van der Waals surface area (Å²) in [6.45, 7) is 0.156. The summed E-state index contributed by atoms with van der Waals surface area (Å²) in [6, 6.07) is 7.59. The van der Waals surface area contributed by atoms with Gasteiger partial charge in [-0.15, -0.1) is 0 Å². The first-order valence-electron chi connectivity index (χ1n) is 6.40. The van der Waals surface area contributed by atoms with Gasteiger partial charge in [-0.2, -0.15) is 0 Å². The number of halogens is 3. The van der Waals surface area contributed by atoms with Crippen molar-refractivity contribution in [2.45, 2.75) is 6.54 Å². The molecule has 7 heteroatoms. The Morgan fingerprint density at radius 2 is 2.05 bits per heavy atom. The third-order valence-electron chi connectivity index (χ3n) is 3.08. The SMILES string of the molecule is O=C(NCc1cn2cc(Cl)ccc2n1)c1c(F)cccc1Cl. The van der Waals surface area contributed by atoms with E-state index in [1.165, 1.54) is 18.2 Å². The van der Waals surface area contributed by atoms with E-state index in [1.807, 2.05) is 0 Å². The zero-order valence-electron chi connectivity index (χ0n) is 11.2. The van der Waals surface area contributed by atoms with Crippen LogP contribution in [0.2, 0.25) is 10.0 Å². The van der Waals surface area contributed by atoms with Crippen molar-refractivity contribution in [2.75, 3.05) is 0 Å². The molecule has 0 radical (unpaired) electrons. The van der Waals surface area contributed by atoms with E-state index in [1.54, 1.807) is 28.9 Å². The first-order chi connectivity index (χ1) is 10.5. The molecule has 22 heavy (non-hydrogen) atoms. The third kappa shape index (κ3) is 2.91. The molecule has 0 fully saturated rings. The molecule has 0 atom stereocenters. The lowest BCUT2D eigenvalue weighted by Gasteiger charge is -2.06. The van der Waals surface area contributed by atoms with Crippen molar-refractivity contribution in [3.8, 4) is 0 Å². The summed E-state index contributed by atoms with van der Waals surface area (Å²) < 4.78 is 15.4. The summed E-state index contributed by atoms with van der Waals surface area (Å²) in [4.78, 5) is 16.4. The number of fused-ring (bicyclic) bond motifs is 1. The molecule has 0 saturated carbocycles. The molecule has 3 rings (SSSR count). The minimum Gasteiger partial charge on any atom is -0.346 e. The van der Waals surface area contributed by atoms with E-state index in [0.717, 1.165) is 0 Å². The van der Waals surface area contributed by atoms with Crippen molar-refractivity contribution in [1.29, 1.82) is 0 Å². The summed E-state index contributed by atoms with van der Waals surface area (Å²) in [5.41, 5.74) is 1.16. The van der Waals surface area contributed by atoms with E-state index in [0.29, 0.717) is 16.4 Å². The van der Waals surface area contributed by atoms with E-state index in [-0.39, 0.29) is 17.1 Å². The maximum absolute atomic E-state index is 13.7. The fraction of sp³-hybridized carbons (Fsp3) is 0.0667. The van der Waals surface area contributed by atoms with Crippen molar-refractivity contribution in [2.24, 2.45) is 0 Å². The quantitative estimate of drug-likeness (QED) is 0.791. The summed E-state index contributed by atoms with van der Waals surface area (Å²) >= 11 is 11.7. The van der Waals surface area contributed by atoms with Crippen LogP contribution in [0.5, 0.6) is 0 Å². The Morgan fingerprint density at radius 3 is 2.82 bits per heavy atom. The minimum absolute atomic E-state index is 0.0688. The molecule has 1 N–H and O–H groups in total. The van der Waals surface area contributed by atoms with Gasteiger partial charge in [0, 0.05) is 12.4 Å². The number of nitrogens with zero attached hydrogens (tertiary/aromatic N) is 2. The molecule has 0 spiro atoms. The van der Waals surface area contributed by atoms with E-state index in [2.05, 4.69) is 10.3 Å². The maximum atomic E-state index is 13.7. The zero-order valence-corrected chi connectivity index (χ0v) is 12.7. The average Bonchev–Trinajstić information content (AvgIpc) is 2.87. The van der Waals surface area contributed by atoms with Crippen LogP contribution >= 0.6 is 23.2 Å². The molecule has 3 aromatic rings. The summed E-state index contributed by atoms with van der Waals surface area (Å²) in [5, 5.41) is 3.25. The van der Waals surface area contributed by atoms with Crippen LogP contribution in [-0.4, -0.2) is 15.3 Å². The number of benzene rings is 1. The van der Waals surface area contributed by atoms with Crippen molar-refractivity contribution >= 4 is 34.8 Å². The fourth-order valence-corrected chi connectivity index (χ4v) is 2.49. The molecule has 2 aromatic heterocycles. The first-order valence-corrected chi connectivity index (χ1v) is 7.15. The zero-order chi connectivity index (χ0) is 15.7. The van der Waals surface area contributed by atoms with Gasteiger partial charge in [0.2, 0.25) is 0 Å². The van der Waals surface area contributed by atoms with Gasteiger partial charge in [-0.3, -0.25) is 4.79 Å². The van der Waals surface area contributed by atoms with Gasteiger partial charge in [-0.1, -0.05) is 29.3 Å². The second kappa shape index (κ2) is 5.94. The van der Waals surface area contributed by atoms with E-state index >= 15 is 0 Å². The van der Waals surface area contributed by atoms with Gasteiger partial charge in [0.05, 0.1) is 27.8 Å². The number of carbonyl (C=O) groups excluding carboxylic acids is 1. The van der Waals surface area contributed by atoms with Gasteiger partial charge >= 0.3 is 0 Å². The lowest BCUT2D eigenvalue weighted by atomic mass is 10.2. The molecule has 0 aliphatic heterocycles. The highest BCUT2D eigenvalue weighted by atomic mass is 35.5. The van der Waals surface area contributed by atoms with Crippen LogP contribution in [0.4, 0.5) is 4.39 Å². The molecule has 0 aliphatic carbocycles. The normalized spacial score (nSPS) is 10.9. The molecule has 112 valence electrons. The molecule has 1 aromatic carbocycles. The van der Waals surface area contributed by atoms with Crippen LogP contribution in [0, 0.1) is 5.82 Å². The Balaban J connectivity index is 1.77. The van der Waals surface area contributed by atoms with Gasteiger partial charge in [-0.05, 0) is 24.3 Å². The summed E-state index contributed by atoms with van der Waals surface area (Å²) in [6.07, 6.45) is 3.45. The minimum atomic E-state index is -0.660. The predicted octanol–water partition coefficient (Wildman–Crippen LogP) is 3.71. The third-order valence-corrected chi connectivity index (χ3v) is 3.62. The van der Waals surface area contributed by atoms with E-state index in [9.17, 15) is 9.18 Å². The Hall–Kier alpha value is -2.11. The largest absolute Gasteiger partial charge is 0.346 e. The molecule has 0 unspecified atom stereocenters. The molecular weight excluding hydrogens is 328 g/mol. The fourth-order valence-electron chi connectivity index (χ4n) is 2.08. The highest BCUT2D eigenvalue weighted by molar-refractivity contribution is 6.33. The van der Waals surface area contributed by atoms with Crippen LogP contribution < -0.4 is 5.32 Å². The number of aromatic nitrogens is 2. The van der Waals surface area contributed by atoms with Crippen LogP contribution in [-0.2, 0) is 6.54 Å². The lowest BCUT2D eigenvalue weighted by Crippen LogP contribution is -2.24. The number of rotatable bonds is 3. The number of hydrogen-bond acceptors (Lipinski definition) is 2. The summed E-state index contributed by atoms with van der Waals surface area (Å²) in [5.74, 6) is -1.25. The number of pyridine rings is 1. The second-order valence-electron chi connectivity index (χ2n) is 4.62. The Kier molecular flexibility index (Phi) is 4.00. The van der Waals surface area contributed by atoms with Crippen molar-refractivity contribution in [3.63, 3.8) is 0 Å². The maximum Gasteiger partial charge on any atom is 0.256 e. The molecule has 0 bridgehead atoms. The van der Waals surface area contributed by atoms with Gasteiger partial charge in [0.1, 0.15) is 11.5 Å². The number of hydrogen-bond donors (Lipinski definition) is 1. The standard InChI is InChI=1S/C15H10Cl2FN3O/c16-9-4-5-13-20-10(8-21(13)7-9)6-19-15(22)14-11(17)2-1-3-12(14)18/h1-5,7-8H,6H2,(H,19,22). The van der Waals surface area contributed by atoms with Crippen molar-refractivity contribution in [1.82, 2.24) is 14.7 Å². The predicted molar refractivity (Wildman–Crippen MR) is 82.8 cm³/mol. The second-order valence-corrected chi connectivity index (χ2v) is 5.47. The lowest BCUT2D eigenvalue weighted by molar-refractivity contribution is 0.0946. The van der Waals surface area contributed by atoms with Crippen LogP contribution in [0.25, 0.3) is 5.65 Å². The Morgan fingerprint density at radius 1 is 1.23 bits per heavy atom. The van der Waals surface area contributed by atoms with Crippen LogP contribution in [0.15, 0.2) is 42.7 Å². The molecular formula is C15H10Cl2FN3O. The van der Waals surface area contributed by atoms with E-state index in [4.69, 9.17) is 23.2 Å². The number of nitrogens with one attached hydrogen (secondary N) is 1. The van der Waals surface area contributed by atoms with Gasteiger partial charge in [0.15, 0.2) is 0 Å².